The normalized spacial score (nSPS) is 25.1. The quantitative estimate of drug-likeness (QED) is 0.763. The fourth-order valence-corrected chi connectivity index (χ4v) is 3.56. The van der Waals surface area contributed by atoms with Crippen molar-refractivity contribution in [1.82, 2.24) is 4.90 Å². The van der Waals surface area contributed by atoms with Crippen molar-refractivity contribution in [1.29, 1.82) is 0 Å². The van der Waals surface area contributed by atoms with Crippen LogP contribution in [0.2, 0.25) is 0 Å². The Morgan fingerprint density at radius 1 is 1.16 bits per heavy atom. The summed E-state index contributed by atoms with van der Waals surface area (Å²) in [4.78, 5) is 14.8. The molecule has 0 aromatic heterocycles. The first kappa shape index (κ1) is 14.8. The van der Waals surface area contributed by atoms with Crippen molar-refractivity contribution in [3.05, 3.63) is 0 Å². The van der Waals surface area contributed by atoms with Gasteiger partial charge in [-0.1, -0.05) is 25.7 Å². The van der Waals surface area contributed by atoms with Gasteiger partial charge >= 0.3 is 0 Å². The lowest BCUT2D eigenvalue weighted by atomic mass is 9.78. The molecule has 0 aromatic carbocycles. The molecule has 1 heterocycles. The maximum absolute atomic E-state index is 12.8. The molecule has 2 aliphatic rings. The van der Waals surface area contributed by atoms with Gasteiger partial charge in [-0.15, -0.1) is 0 Å². The Morgan fingerprint density at radius 2 is 1.74 bits per heavy atom. The summed E-state index contributed by atoms with van der Waals surface area (Å²) in [6, 6.07) is 0. The molecular formula is C15H28N2O2. The van der Waals surface area contributed by atoms with Crippen LogP contribution in [0.3, 0.4) is 0 Å². The maximum Gasteiger partial charge on any atom is 0.230 e. The predicted octanol–water partition coefficient (Wildman–Crippen LogP) is 1.52. The number of nitrogens with two attached hydrogens (primary N) is 1. The SMILES string of the molecule is NCC1(C(=O)N2CCC(CO)CC2)CCCCCC1. The van der Waals surface area contributed by atoms with Gasteiger partial charge in [0.2, 0.25) is 5.91 Å². The van der Waals surface area contributed by atoms with E-state index in [9.17, 15) is 9.90 Å². The number of hydrogen-bond donors (Lipinski definition) is 2. The number of aliphatic hydroxyl groups is 1. The average Bonchev–Trinajstić information content (AvgIpc) is 2.73. The van der Waals surface area contributed by atoms with Crippen LogP contribution in [-0.2, 0) is 4.79 Å². The van der Waals surface area contributed by atoms with E-state index in [1.165, 1.54) is 12.8 Å². The van der Waals surface area contributed by atoms with E-state index in [0.29, 0.717) is 12.5 Å². The molecular weight excluding hydrogens is 240 g/mol. The third-order valence-electron chi connectivity index (χ3n) is 5.07. The molecule has 2 rings (SSSR count). The second-order valence-electron chi connectivity index (χ2n) is 6.32. The molecule has 1 aliphatic heterocycles. The Bertz CT molecular complexity index is 291. The van der Waals surface area contributed by atoms with Gasteiger partial charge in [0, 0.05) is 26.2 Å². The third-order valence-corrected chi connectivity index (χ3v) is 5.07. The lowest BCUT2D eigenvalue weighted by Gasteiger charge is -2.39. The predicted molar refractivity (Wildman–Crippen MR) is 75.6 cm³/mol. The van der Waals surface area contributed by atoms with Gasteiger partial charge in [-0.3, -0.25) is 4.79 Å². The van der Waals surface area contributed by atoms with Gasteiger partial charge in [0.05, 0.1) is 5.41 Å². The van der Waals surface area contributed by atoms with E-state index < -0.39 is 0 Å². The van der Waals surface area contributed by atoms with Crippen molar-refractivity contribution >= 4 is 5.91 Å². The van der Waals surface area contributed by atoms with Crippen molar-refractivity contribution in [2.75, 3.05) is 26.2 Å². The summed E-state index contributed by atoms with van der Waals surface area (Å²) in [7, 11) is 0. The van der Waals surface area contributed by atoms with Gasteiger partial charge in [0.25, 0.3) is 0 Å². The van der Waals surface area contributed by atoms with Crippen molar-refractivity contribution < 1.29 is 9.90 Å². The van der Waals surface area contributed by atoms with Crippen molar-refractivity contribution in [3.63, 3.8) is 0 Å². The molecule has 2 fully saturated rings. The van der Waals surface area contributed by atoms with Gasteiger partial charge in [-0.25, -0.2) is 0 Å². The van der Waals surface area contributed by atoms with Crippen LogP contribution >= 0.6 is 0 Å². The Kier molecular flexibility index (Phi) is 5.22. The minimum Gasteiger partial charge on any atom is -0.396 e. The molecule has 4 heteroatoms. The van der Waals surface area contributed by atoms with E-state index in [-0.39, 0.29) is 17.9 Å². The number of nitrogens with zero attached hydrogens (tertiary/aromatic N) is 1. The summed E-state index contributed by atoms with van der Waals surface area (Å²) in [6.45, 7) is 2.34. The Labute approximate surface area is 116 Å². The molecule has 1 aliphatic carbocycles. The maximum atomic E-state index is 12.8. The van der Waals surface area contributed by atoms with Crippen LogP contribution in [0.4, 0.5) is 0 Å². The molecule has 3 N–H and O–H groups in total. The molecule has 19 heavy (non-hydrogen) atoms. The fraction of sp³-hybridized carbons (Fsp3) is 0.933. The second-order valence-corrected chi connectivity index (χ2v) is 6.32. The zero-order valence-electron chi connectivity index (χ0n) is 11.9. The van der Waals surface area contributed by atoms with Crippen LogP contribution < -0.4 is 5.73 Å². The molecule has 0 unspecified atom stereocenters. The van der Waals surface area contributed by atoms with Gasteiger partial charge in [-0.05, 0) is 31.6 Å². The van der Waals surface area contributed by atoms with Gasteiger partial charge in [-0.2, -0.15) is 0 Å². The summed E-state index contributed by atoms with van der Waals surface area (Å²) in [5.74, 6) is 0.667. The molecule has 0 bridgehead atoms. The Morgan fingerprint density at radius 3 is 2.21 bits per heavy atom. The van der Waals surface area contributed by atoms with E-state index >= 15 is 0 Å². The molecule has 4 nitrogen and oxygen atoms in total. The summed E-state index contributed by atoms with van der Waals surface area (Å²) >= 11 is 0. The first-order valence-corrected chi connectivity index (χ1v) is 7.82. The summed E-state index contributed by atoms with van der Waals surface area (Å²) in [5, 5.41) is 9.18. The van der Waals surface area contributed by atoms with Crippen molar-refractivity contribution in [2.24, 2.45) is 17.1 Å². The highest BCUT2D eigenvalue weighted by Gasteiger charge is 2.40. The number of carbonyl (C=O) groups is 1. The van der Waals surface area contributed by atoms with Crippen LogP contribution in [0.1, 0.15) is 51.4 Å². The highest BCUT2D eigenvalue weighted by atomic mass is 16.3. The molecule has 0 atom stereocenters. The number of aliphatic hydroxyl groups excluding tert-OH is 1. The second kappa shape index (κ2) is 6.71. The number of piperidine rings is 1. The Balaban J connectivity index is 2.00. The summed E-state index contributed by atoms with van der Waals surface area (Å²) in [5.41, 5.74) is 5.69. The average molecular weight is 268 g/mol. The molecule has 1 amide bonds. The number of likely N-dealkylation sites (tertiary alicyclic amines) is 1. The Hall–Kier alpha value is -0.610. The van der Waals surface area contributed by atoms with Gasteiger partial charge < -0.3 is 15.7 Å². The fourth-order valence-electron chi connectivity index (χ4n) is 3.56. The largest absolute Gasteiger partial charge is 0.396 e. The highest BCUT2D eigenvalue weighted by Crippen LogP contribution is 2.36. The van der Waals surface area contributed by atoms with E-state index in [1.807, 2.05) is 4.90 Å². The van der Waals surface area contributed by atoms with Gasteiger partial charge in [0.1, 0.15) is 0 Å². The minimum absolute atomic E-state index is 0.254. The van der Waals surface area contributed by atoms with Crippen LogP contribution in [-0.4, -0.2) is 42.2 Å². The number of amides is 1. The first-order chi connectivity index (χ1) is 9.22. The molecule has 0 aromatic rings. The zero-order valence-corrected chi connectivity index (χ0v) is 11.9. The topological polar surface area (TPSA) is 66.6 Å². The third kappa shape index (κ3) is 3.29. The van der Waals surface area contributed by atoms with E-state index in [4.69, 9.17) is 5.73 Å². The minimum atomic E-state index is -0.289. The monoisotopic (exact) mass is 268 g/mol. The molecule has 1 saturated carbocycles. The van der Waals surface area contributed by atoms with Crippen molar-refractivity contribution in [3.8, 4) is 0 Å². The lowest BCUT2D eigenvalue weighted by Crippen LogP contribution is -2.50. The lowest BCUT2D eigenvalue weighted by molar-refractivity contribution is -0.144. The first-order valence-electron chi connectivity index (χ1n) is 7.82. The molecule has 110 valence electrons. The van der Waals surface area contributed by atoms with E-state index in [2.05, 4.69) is 0 Å². The number of rotatable bonds is 3. The molecule has 0 radical (unpaired) electrons. The van der Waals surface area contributed by atoms with E-state index in [1.54, 1.807) is 0 Å². The summed E-state index contributed by atoms with van der Waals surface area (Å²) < 4.78 is 0. The van der Waals surface area contributed by atoms with E-state index in [0.717, 1.165) is 51.6 Å². The molecule has 1 saturated heterocycles. The summed E-state index contributed by atoms with van der Waals surface area (Å²) in [6.07, 6.45) is 8.53. The number of carbonyl (C=O) groups excluding carboxylic acids is 1. The smallest absolute Gasteiger partial charge is 0.230 e. The van der Waals surface area contributed by atoms with Crippen LogP contribution in [0.25, 0.3) is 0 Å². The van der Waals surface area contributed by atoms with Crippen LogP contribution in [0.15, 0.2) is 0 Å². The van der Waals surface area contributed by atoms with Gasteiger partial charge in [0.15, 0.2) is 0 Å². The van der Waals surface area contributed by atoms with Crippen LogP contribution in [0, 0.1) is 11.3 Å². The zero-order chi connectivity index (χ0) is 13.7. The molecule has 0 spiro atoms. The van der Waals surface area contributed by atoms with Crippen LogP contribution in [0.5, 0.6) is 0 Å². The highest BCUT2D eigenvalue weighted by molar-refractivity contribution is 5.83. The van der Waals surface area contributed by atoms with Crippen molar-refractivity contribution in [2.45, 2.75) is 51.4 Å². The number of hydrogen-bond acceptors (Lipinski definition) is 3. The standard InChI is InChI=1S/C15H28N2O2/c16-12-15(7-3-1-2-4-8-15)14(19)17-9-5-13(11-18)6-10-17/h13,18H,1-12,16H2.